The molecule has 0 aliphatic carbocycles. The summed E-state index contributed by atoms with van der Waals surface area (Å²) in [5.74, 6) is 0.149. The first-order valence-corrected chi connectivity index (χ1v) is 12.1. The van der Waals surface area contributed by atoms with Crippen molar-refractivity contribution < 1.29 is 19.1 Å². The summed E-state index contributed by atoms with van der Waals surface area (Å²) >= 11 is 1.66. The lowest BCUT2D eigenvalue weighted by molar-refractivity contribution is -0.139. The van der Waals surface area contributed by atoms with Crippen LogP contribution in [0.5, 0.6) is 5.75 Å². The number of nitrogens with one attached hydrogen (secondary N) is 1. The second kappa shape index (κ2) is 8.72. The number of amides is 4. The number of urea groups is 1. The molecule has 34 heavy (non-hydrogen) atoms. The number of carbonyl (C=O) groups is 3. The van der Waals surface area contributed by atoms with E-state index in [0.717, 1.165) is 33.0 Å². The fourth-order valence-electron chi connectivity index (χ4n) is 4.67. The third-order valence-electron chi connectivity index (χ3n) is 6.67. The summed E-state index contributed by atoms with van der Waals surface area (Å²) in [4.78, 5) is 46.6. The van der Waals surface area contributed by atoms with Crippen molar-refractivity contribution in [2.24, 2.45) is 0 Å². The molecule has 4 amide bonds. The molecule has 3 heterocycles. The van der Waals surface area contributed by atoms with Gasteiger partial charge in [-0.1, -0.05) is 24.3 Å². The first-order valence-electron chi connectivity index (χ1n) is 11.3. The molecule has 1 N–H and O–H groups in total. The van der Waals surface area contributed by atoms with E-state index in [2.05, 4.69) is 11.4 Å². The van der Waals surface area contributed by atoms with Crippen molar-refractivity contribution in [3.05, 3.63) is 59.1 Å². The number of ether oxygens (including phenoxy) is 1. The predicted octanol–water partition coefficient (Wildman–Crippen LogP) is 3.48. The maximum absolute atomic E-state index is 13.2. The molecule has 0 saturated carbocycles. The van der Waals surface area contributed by atoms with Crippen LogP contribution in [0.25, 0.3) is 10.2 Å². The number of hydrogen-bond acceptors (Lipinski definition) is 6. The summed E-state index contributed by atoms with van der Waals surface area (Å²) in [5.41, 5.74) is 0.383. The Morgan fingerprint density at radius 1 is 1.21 bits per heavy atom. The van der Waals surface area contributed by atoms with Crippen LogP contribution in [0.2, 0.25) is 0 Å². The van der Waals surface area contributed by atoms with Crippen LogP contribution < -0.4 is 10.1 Å². The molecule has 2 saturated heterocycles. The van der Waals surface area contributed by atoms with Crippen molar-refractivity contribution >= 4 is 39.4 Å². The molecule has 1 aromatic heterocycles. The molecule has 2 aromatic carbocycles. The van der Waals surface area contributed by atoms with Gasteiger partial charge in [0.25, 0.3) is 5.91 Å². The minimum absolute atomic E-state index is 0.155. The van der Waals surface area contributed by atoms with Crippen LogP contribution in [0.1, 0.15) is 36.3 Å². The van der Waals surface area contributed by atoms with E-state index < -0.39 is 17.5 Å². The van der Waals surface area contributed by atoms with Crippen molar-refractivity contribution in [3.8, 4) is 5.75 Å². The highest BCUT2D eigenvalue weighted by molar-refractivity contribution is 7.18. The zero-order chi connectivity index (χ0) is 23.9. The minimum atomic E-state index is -1.23. The highest BCUT2D eigenvalue weighted by atomic mass is 32.1. The third-order valence-corrected chi connectivity index (χ3v) is 7.87. The van der Waals surface area contributed by atoms with Crippen molar-refractivity contribution in [1.29, 1.82) is 0 Å². The van der Waals surface area contributed by atoms with Crippen LogP contribution in [0.3, 0.4) is 0 Å². The highest BCUT2D eigenvalue weighted by Crippen LogP contribution is 2.34. The molecule has 0 spiro atoms. The van der Waals surface area contributed by atoms with Crippen LogP contribution in [0.4, 0.5) is 4.79 Å². The molecule has 3 aromatic rings. The zero-order valence-electron chi connectivity index (χ0n) is 19.1. The summed E-state index contributed by atoms with van der Waals surface area (Å²) in [7, 11) is 1.56. The normalized spacial score (nSPS) is 22.8. The Morgan fingerprint density at radius 2 is 1.97 bits per heavy atom. The fourth-order valence-corrected chi connectivity index (χ4v) is 5.76. The van der Waals surface area contributed by atoms with E-state index in [9.17, 15) is 14.4 Å². The molecule has 2 aliphatic rings. The van der Waals surface area contributed by atoms with Gasteiger partial charge in [0.15, 0.2) is 0 Å². The van der Waals surface area contributed by atoms with Gasteiger partial charge in [0.1, 0.15) is 17.8 Å². The van der Waals surface area contributed by atoms with Gasteiger partial charge in [-0.15, -0.1) is 11.3 Å². The molecular formula is C25H26N4O4S. The smallest absolute Gasteiger partial charge is 0.325 e. The van der Waals surface area contributed by atoms with Gasteiger partial charge in [-0.2, -0.15) is 0 Å². The lowest BCUT2D eigenvalue weighted by Crippen LogP contribution is -2.47. The van der Waals surface area contributed by atoms with Gasteiger partial charge in [0, 0.05) is 19.0 Å². The van der Waals surface area contributed by atoms with E-state index in [4.69, 9.17) is 9.72 Å². The Morgan fingerprint density at radius 3 is 2.71 bits per heavy atom. The van der Waals surface area contributed by atoms with Crippen molar-refractivity contribution in [3.63, 3.8) is 0 Å². The van der Waals surface area contributed by atoms with Crippen LogP contribution in [-0.4, -0.2) is 59.4 Å². The van der Waals surface area contributed by atoms with Gasteiger partial charge in [0.05, 0.1) is 22.3 Å². The van der Waals surface area contributed by atoms with Crippen molar-refractivity contribution in [2.75, 3.05) is 26.7 Å². The number of rotatable bonds is 5. The zero-order valence-corrected chi connectivity index (χ0v) is 19.9. The van der Waals surface area contributed by atoms with Crippen molar-refractivity contribution in [1.82, 2.24) is 20.1 Å². The first kappa shape index (κ1) is 22.3. The number of methoxy groups -OCH3 is 1. The molecule has 2 aliphatic heterocycles. The summed E-state index contributed by atoms with van der Waals surface area (Å²) in [6.45, 7) is 2.53. The van der Waals surface area contributed by atoms with E-state index in [1.165, 1.54) is 0 Å². The SMILES string of the molecule is COc1ccc(C2(C)NC(=O)N(CC(=O)N3CCCC(c4nc5ccccc5s4)C3)C2=O)cc1. The Bertz CT molecular complexity index is 1220. The number of benzene rings is 2. The van der Waals surface area contributed by atoms with Gasteiger partial charge in [-0.05, 0) is 49.6 Å². The first-order chi connectivity index (χ1) is 16.4. The monoisotopic (exact) mass is 478 g/mol. The van der Waals surface area contributed by atoms with E-state index in [1.807, 2.05) is 18.2 Å². The standard InChI is InChI=1S/C25H26N4O4S/c1-25(17-9-11-18(33-2)12-10-17)23(31)29(24(32)27-25)15-21(30)28-13-5-6-16(14-28)22-26-19-7-3-4-8-20(19)34-22/h3-4,7-12,16H,5-6,13-15H2,1-2H3,(H,27,32). The van der Waals surface area contributed by atoms with Gasteiger partial charge >= 0.3 is 6.03 Å². The quantitative estimate of drug-likeness (QED) is 0.567. The van der Waals surface area contributed by atoms with Gasteiger partial charge in [-0.3, -0.25) is 14.5 Å². The van der Waals surface area contributed by atoms with Crippen LogP contribution in [0.15, 0.2) is 48.5 Å². The second-order valence-corrected chi connectivity index (χ2v) is 9.94. The van der Waals surface area contributed by atoms with Crippen LogP contribution in [-0.2, 0) is 15.1 Å². The number of imide groups is 1. The lowest BCUT2D eigenvalue weighted by atomic mass is 9.92. The Balaban J connectivity index is 1.28. The molecule has 9 heteroatoms. The van der Waals surface area contributed by atoms with Gasteiger partial charge in [-0.25, -0.2) is 9.78 Å². The predicted molar refractivity (Wildman–Crippen MR) is 129 cm³/mol. The average Bonchev–Trinajstić information content (AvgIpc) is 3.39. The molecule has 5 rings (SSSR count). The summed E-state index contributed by atoms with van der Waals surface area (Å²) in [5, 5.41) is 3.79. The van der Waals surface area contributed by atoms with Crippen LogP contribution >= 0.6 is 11.3 Å². The van der Waals surface area contributed by atoms with Crippen molar-refractivity contribution in [2.45, 2.75) is 31.2 Å². The second-order valence-electron chi connectivity index (χ2n) is 8.87. The number of hydrogen-bond donors (Lipinski definition) is 1. The molecule has 8 nitrogen and oxygen atoms in total. The molecular weight excluding hydrogens is 452 g/mol. The third kappa shape index (κ3) is 3.90. The number of aromatic nitrogens is 1. The summed E-state index contributed by atoms with van der Waals surface area (Å²) in [6, 6.07) is 14.4. The number of thiazole rings is 1. The van der Waals surface area contributed by atoms with Crippen LogP contribution in [0, 0.1) is 0 Å². The minimum Gasteiger partial charge on any atom is -0.497 e. The maximum Gasteiger partial charge on any atom is 0.325 e. The molecule has 0 radical (unpaired) electrons. The van der Waals surface area contributed by atoms with E-state index in [1.54, 1.807) is 54.5 Å². The number of fused-ring (bicyclic) bond motifs is 1. The summed E-state index contributed by atoms with van der Waals surface area (Å²) in [6.07, 6.45) is 1.82. The molecule has 0 bridgehead atoms. The van der Waals surface area contributed by atoms with E-state index in [-0.39, 0.29) is 18.4 Å². The molecule has 2 unspecified atom stereocenters. The number of piperidine rings is 1. The molecule has 2 fully saturated rings. The maximum atomic E-state index is 13.2. The Hall–Kier alpha value is -3.46. The molecule has 176 valence electrons. The average molecular weight is 479 g/mol. The lowest BCUT2D eigenvalue weighted by Gasteiger charge is -2.32. The van der Waals surface area contributed by atoms with E-state index in [0.29, 0.717) is 24.4 Å². The van der Waals surface area contributed by atoms with Gasteiger partial charge < -0.3 is 15.0 Å². The van der Waals surface area contributed by atoms with Gasteiger partial charge in [0.2, 0.25) is 5.91 Å². The number of likely N-dealkylation sites (tertiary alicyclic amines) is 1. The number of para-hydroxylation sites is 1. The molecule has 2 atom stereocenters. The number of nitrogens with zero attached hydrogens (tertiary/aromatic N) is 3. The topological polar surface area (TPSA) is 91.8 Å². The highest BCUT2D eigenvalue weighted by Gasteiger charge is 2.49. The Labute approximate surface area is 201 Å². The van der Waals surface area contributed by atoms with E-state index >= 15 is 0 Å². The summed E-state index contributed by atoms with van der Waals surface area (Å²) < 4.78 is 6.31. The fraction of sp³-hybridized carbons (Fsp3) is 0.360. The Kier molecular flexibility index (Phi) is 5.73. The largest absolute Gasteiger partial charge is 0.497 e. The number of carbonyl (C=O) groups excluding carboxylic acids is 3.